The fourth-order valence-corrected chi connectivity index (χ4v) is 4.14. The van der Waals surface area contributed by atoms with Crippen molar-refractivity contribution in [2.75, 3.05) is 19.3 Å². The van der Waals surface area contributed by atoms with Crippen LogP contribution in [0.25, 0.3) is 11.4 Å². The maximum atomic E-state index is 11.9. The highest BCUT2D eigenvalue weighted by Gasteiger charge is 2.30. The molecule has 1 aliphatic heterocycles. The number of hydrogen-bond acceptors (Lipinski definition) is 5. The molecule has 0 N–H and O–H groups in total. The number of nitrogens with zero attached hydrogens (tertiary/aromatic N) is 5. The highest BCUT2D eigenvalue weighted by Crippen LogP contribution is 2.33. The summed E-state index contributed by atoms with van der Waals surface area (Å²) in [6.45, 7) is 5.17. The minimum Gasteiger partial charge on any atom is -0.261 e. The average molecular weight is 349 g/mol. The van der Waals surface area contributed by atoms with Crippen LogP contribution in [0, 0.1) is 0 Å². The number of sulfonamides is 1. The fraction of sp³-hybridized carbons (Fsp3) is 0.562. The summed E-state index contributed by atoms with van der Waals surface area (Å²) in [7, 11) is -3.19. The molecule has 0 unspecified atom stereocenters. The van der Waals surface area contributed by atoms with E-state index in [0.717, 1.165) is 29.9 Å². The number of aromatic nitrogens is 4. The lowest BCUT2D eigenvalue weighted by atomic mass is 9.93. The van der Waals surface area contributed by atoms with E-state index in [1.807, 2.05) is 10.7 Å². The lowest BCUT2D eigenvalue weighted by Crippen LogP contribution is -2.38. The van der Waals surface area contributed by atoms with E-state index >= 15 is 0 Å². The van der Waals surface area contributed by atoms with Gasteiger partial charge in [0.1, 0.15) is 5.69 Å². The van der Waals surface area contributed by atoms with Crippen LogP contribution in [-0.2, 0) is 10.0 Å². The van der Waals surface area contributed by atoms with E-state index in [2.05, 4.69) is 28.9 Å². The summed E-state index contributed by atoms with van der Waals surface area (Å²) in [6.07, 6.45) is 8.12. The van der Waals surface area contributed by atoms with E-state index in [0.29, 0.717) is 13.1 Å². The Hall–Kier alpha value is -1.80. The molecule has 3 heterocycles. The van der Waals surface area contributed by atoms with Gasteiger partial charge in [-0.3, -0.25) is 14.6 Å². The van der Waals surface area contributed by atoms with Crippen LogP contribution in [0.3, 0.4) is 0 Å². The minimum atomic E-state index is -3.19. The Labute approximate surface area is 142 Å². The summed E-state index contributed by atoms with van der Waals surface area (Å²) in [5.74, 6) is 0.0488. The molecule has 3 rings (SSSR count). The highest BCUT2D eigenvalue weighted by molar-refractivity contribution is 7.88. The molecular weight excluding hydrogens is 326 g/mol. The van der Waals surface area contributed by atoms with E-state index < -0.39 is 10.0 Å². The van der Waals surface area contributed by atoms with Crippen molar-refractivity contribution in [2.24, 2.45) is 0 Å². The van der Waals surface area contributed by atoms with Crippen molar-refractivity contribution in [3.63, 3.8) is 0 Å². The molecule has 130 valence electrons. The zero-order chi connectivity index (χ0) is 17.3. The summed E-state index contributed by atoms with van der Waals surface area (Å²) in [5, 5.41) is 4.38. The van der Waals surface area contributed by atoms with Gasteiger partial charge in [-0.1, -0.05) is 0 Å². The molecule has 0 aliphatic carbocycles. The van der Waals surface area contributed by atoms with Crippen LogP contribution in [0.15, 0.2) is 24.7 Å². The van der Waals surface area contributed by atoms with Crippen LogP contribution in [0.2, 0.25) is 0 Å². The Morgan fingerprint density at radius 3 is 2.67 bits per heavy atom. The van der Waals surface area contributed by atoms with Gasteiger partial charge in [0.15, 0.2) is 0 Å². The third-order valence-electron chi connectivity index (χ3n) is 4.37. The molecule has 24 heavy (non-hydrogen) atoms. The van der Waals surface area contributed by atoms with E-state index in [-0.39, 0.29) is 12.0 Å². The van der Waals surface area contributed by atoms with Gasteiger partial charge in [-0.15, -0.1) is 0 Å². The molecule has 7 nitrogen and oxygen atoms in total. The van der Waals surface area contributed by atoms with Gasteiger partial charge in [0, 0.05) is 43.6 Å². The molecule has 1 aliphatic rings. The lowest BCUT2D eigenvalue weighted by Gasteiger charge is -2.31. The van der Waals surface area contributed by atoms with Crippen molar-refractivity contribution in [3.05, 3.63) is 30.4 Å². The Bertz CT molecular complexity index is 815. The van der Waals surface area contributed by atoms with E-state index in [1.165, 1.54) is 6.26 Å². The van der Waals surface area contributed by atoms with Crippen molar-refractivity contribution in [2.45, 2.75) is 38.6 Å². The largest absolute Gasteiger partial charge is 0.261 e. The molecule has 1 saturated heterocycles. The Morgan fingerprint density at radius 1 is 1.21 bits per heavy atom. The highest BCUT2D eigenvalue weighted by atomic mass is 32.2. The molecule has 0 saturated carbocycles. The number of rotatable bonds is 4. The first-order valence-corrected chi connectivity index (χ1v) is 10.0. The molecule has 1 fully saturated rings. The molecule has 0 bridgehead atoms. The third-order valence-corrected chi connectivity index (χ3v) is 5.64. The lowest BCUT2D eigenvalue weighted by molar-refractivity contribution is 0.314. The van der Waals surface area contributed by atoms with Gasteiger partial charge in [-0.2, -0.15) is 5.10 Å². The fourth-order valence-electron chi connectivity index (χ4n) is 3.22. The van der Waals surface area contributed by atoms with Gasteiger partial charge < -0.3 is 0 Å². The first kappa shape index (κ1) is 17.0. The van der Waals surface area contributed by atoms with Crippen LogP contribution in [0.4, 0.5) is 0 Å². The van der Waals surface area contributed by atoms with Gasteiger partial charge >= 0.3 is 0 Å². The predicted octanol–water partition coefficient (Wildman–Crippen LogP) is 2.06. The quantitative estimate of drug-likeness (QED) is 0.844. The first-order chi connectivity index (χ1) is 11.4. The molecule has 0 spiro atoms. The Kier molecular flexibility index (Phi) is 4.69. The van der Waals surface area contributed by atoms with E-state index in [9.17, 15) is 8.42 Å². The summed E-state index contributed by atoms with van der Waals surface area (Å²) < 4.78 is 27.3. The summed E-state index contributed by atoms with van der Waals surface area (Å²) >= 11 is 0. The van der Waals surface area contributed by atoms with Gasteiger partial charge in [0.25, 0.3) is 0 Å². The zero-order valence-electron chi connectivity index (χ0n) is 14.3. The number of piperidine rings is 1. The molecule has 0 amide bonds. The Morgan fingerprint density at radius 2 is 1.96 bits per heavy atom. The Balaban J connectivity index is 1.99. The maximum absolute atomic E-state index is 11.9. The van der Waals surface area contributed by atoms with E-state index in [1.54, 1.807) is 22.9 Å². The van der Waals surface area contributed by atoms with Crippen molar-refractivity contribution >= 4 is 10.0 Å². The van der Waals surface area contributed by atoms with Crippen LogP contribution in [0.1, 0.15) is 44.3 Å². The van der Waals surface area contributed by atoms with Crippen molar-refractivity contribution < 1.29 is 8.42 Å². The zero-order valence-corrected chi connectivity index (χ0v) is 15.1. The molecule has 1 atom stereocenters. The molecule has 0 radical (unpaired) electrons. The molecular formula is C16H23N5O2S. The van der Waals surface area contributed by atoms with E-state index in [4.69, 9.17) is 0 Å². The van der Waals surface area contributed by atoms with Gasteiger partial charge in [-0.25, -0.2) is 12.7 Å². The summed E-state index contributed by atoms with van der Waals surface area (Å²) in [6, 6.07) is 2.15. The smallest absolute Gasteiger partial charge is 0.211 e. The maximum Gasteiger partial charge on any atom is 0.211 e. The summed E-state index contributed by atoms with van der Waals surface area (Å²) in [5.41, 5.74) is 2.57. The predicted molar refractivity (Wildman–Crippen MR) is 92.0 cm³/mol. The standard InChI is InChI=1S/C16H23N5O2S/c1-12(2)21-14(6-7-19-21)16-15(17-8-9-18-16)13-5-4-10-20(11-13)24(3,22)23/h6-9,12-13H,4-5,10-11H2,1-3H3/t13-/m1/s1. The van der Waals surface area contributed by atoms with Crippen molar-refractivity contribution in [1.82, 2.24) is 24.1 Å². The van der Waals surface area contributed by atoms with Crippen molar-refractivity contribution in [1.29, 1.82) is 0 Å². The third kappa shape index (κ3) is 3.34. The molecule has 2 aromatic heterocycles. The van der Waals surface area contributed by atoms with Gasteiger partial charge in [0.05, 0.1) is 17.6 Å². The number of hydrogen-bond donors (Lipinski definition) is 0. The van der Waals surface area contributed by atoms with Crippen molar-refractivity contribution in [3.8, 4) is 11.4 Å². The molecule has 8 heteroatoms. The van der Waals surface area contributed by atoms with Crippen LogP contribution < -0.4 is 0 Å². The average Bonchev–Trinajstić information content (AvgIpc) is 3.04. The van der Waals surface area contributed by atoms with Gasteiger partial charge in [-0.05, 0) is 32.8 Å². The van der Waals surface area contributed by atoms with Crippen LogP contribution in [-0.4, -0.2) is 51.8 Å². The van der Waals surface area contributed by atoms with Gasteiger partial charge in [0.2, 0.25) is 10.0 Å². The second-order valence-corrected chi connectivity index (χ2v) is 8.49. The SMILES string of the molecule is CC(C)n1nccc1-c1nccnc1[C@@H]1CCCN(S(C)(=O)=O)C1. The second-order valence-electron chi connectivity index (χ2n) is 6.51. The normalized spacial score (nSPS) is 19.8. The second kappa shape index (κ2) is 6.60. The summed E-state index contributed by atoms with van der Waals surface area (Å²) in [4.78, 5) is 9.09. The van der Waals surface area contributed by atoms with Crippen LogP contribution >= 0.6 is 0 Å². The molecule has 2 aromatic rings. The van der Waals surface area contributed by atoms with Crippen LogP contribution in [0.5, 0.6) is 0 Å². The molecule has 0 aromatic carbocycles. The monoisotopic (exact) mass is 349 g/mol. The topological polar surface area (TPSA) is 81.0 Å². The minimum absolute atomic E-state index is 0.0488. The first-order valence-electron chi connectivity index (χ1n) is 8.18.